The number of hydrogen-bond donors (Lipinski definition) is 2. The molecule has 1 fully saturated rings. The molecule has 1 aliphatic heterocycles. The standard InChI is InChI=1S/C23H29N3O2S/c1-16(24-23(28)21-14-17-7-2-3-10-20(17)29-21)13-22(27)25-18-8-6-9-19(15-18)26-11-4-5-12-26/h6,8-9,14-16H,2-5,7,10-13H2,1H3,(H,24,28)(H,25,27). The zero-order valence-corrected chi connectivity index (χ0v) is 17.8. The van der Waals surface area contributed by atoms with E-state index in [1.165, 1.54) is 36.1 Å². The van der Waals surface area contributed by atoms with Crippen molar-refractivity contribution in [2.75, 3.05) is 23.3 Å². The topological polar surface area (TPSA) is 61.4 Å². The maximum Gasteiger partial charge on any atom is 0.261 e. The zero-order chi connectivity index (χ0) is 20.2. The maximum absolute atomic E-state index is 12.6. The van der Waals surface area contributed by atoms with Crippen LogP contribution in [0.1, 0.15) is 59.1 Å². The van der Waals surface area contributed by atoms with Crippen LogP contribution in [-0.4, -0.2) is 30.9 Å². The van der Waals surface area contributed by atoms with Gasteiger partial charge in [-0.3, -0.25) is 9.59 Å². The second kappa shape index (κ2) is 8.99. The Kier molecular flexibility index (Phi) is 6.19. The van der Waals surface area contributed by atoms with Gasteiger partial charge in [0, 0.05) is 41.8 Å². The summed E-state index contributed by atoms with van der Waals surface area (Å²) in [6.45, 7) is 4.03. The molecule has 5 nitrogen and oxygen atoms in total. The minimum absolute atomic E-state index is 0.0688. The fraction of sp³-hybridized carbons (Fsp3) is 0.478. The molecule has 0 bridgehead atoms. The summed E-state index contributed by atoms with van der Waals surface area (Å²) >= 11 is 1.60. The van der Waals surface area contributed by atoms with Crippen LogP contribution in [-0.2, 0) is 17.6 Å². The molecular weight excluding hydrogens is 382 g/mol. The van der Waals surface area contributed by atoms with Crippen LogP contribution < -0.4 is 15.5 Å². The third-order valence-electron chi connectivity index (χ3n) is 5.69. The van der Waals surface area contributed by atoms with E-state index >= 15 is 0 Å². The van der Waals surface area contributed by atoms with Crippen LogP contribution in [0.3, 0.4) is 0 Å². The number of carbonyl (C=O) groups excluding carboxylic acids is 2. The minimum Gasteiger partial charge on any atom is -0.371 e. The van der Waals surface area contributed by atoms with Crippen molar-refractivity contribution in [2.24, 2.45) is 0 Å². The fourth-order valence-electron chi connectivity index (χ4n) is 4.19. The number of nitrogens with one attached hydrogen (secondary N) is 2. The third kappa shape index (κ3) is 4.99. The van der Waals surface area contributed by atoms with Gasteiger partial charge < -0.3 is 15.5 Å². The highest BCUT2D eigenvalue weighted by molar-refractivity contribution is 7.14. The van der Waals surface area contributed by atoms with E-state index in [-0.39, 0.29) is 24.3 Å². The lowest BCUT2D eigenvalue weighted by atomic mass is 9.99. The van der Waals surface area contributed by atoms with Gasteiger partial charge in [-0.2, -0.15) is 0 Å². The average molecular weight is 412 g/mol. The molecule has 1 unspecified atom stereocenters. The van der Waals surface area contributed by atoms with E-state index in [0.29, 0.717) is 0 Å². The SMILES string of the molecule is CC(CC(=O)Nc1cccc(N2CCCC2)c1)NC(=O)c1cc2c(s1)CCCC2. The molecule has 0 saturated carbocycles. The van der Waals surface area contributed by atoms with Gasteiger partial charge in [0.25, 0.3) is 5.91 Å². The van der Waals surface area contributed by atoms with Gasteiger partial charge in [-0.25, -0.2) is 0 Å². The first-order chi connectivity index (χ1) is 14.1. The van der Waals surface area contributed by atoms with Gasteiger partial charge in [0.05, 0.1) is 4.88 Å². The van der Waals surface area contributed by atoms with Crippen LogP contribution in [0.15, 0.2) is 30.3 Å². The Labute approximate surface area is 176 Å². The quantitative estimate of drug-likeness (QED) is 0.742. The van der Waals surface area contributed by atoms with E-state index in [2.05, 4.69) is 21.6 Å². The van der Waals surface area contributed by atoms with E-state index in [1.54, 1.807) is 11.3 Å². The molecule has 4 rings (SSSR count). The molecule has 1 atom stereocenters. The number of nitrogens with zero attached hydrogens (tertiary/aromatic N) is 1. The molecular formula is C23H29N3O2S. The van der Waals surface area contributed by atoms with E-state index in [9.17, 15) is 9.59 Å². The van der Waals surface area contributed by atoms with Crippen molar-refractivity contribution in [3.8, 4) is 0 Å². The molecule has 0 spiro atoms. The van der Waals surface area contributed by atoms with Gasteiger partial charge in [-0.05, 0) is 75.3 Å². The highest BCUT2D eigenvalue weighted by Crippen LogP contribution is 2.29. The van der Waals surface area contributed by atoms with E-state index in [4.69, 9.17) is 0 Å². The molecule has 2 N–H and O–H groups in total. The lowest BCUT2D eigenvalue weighted by Gasteiger charge is -2.19. The van der Waals surface area contributed by atoms with Crippen LogP contribution in [0.25, 0.3) is 0 Å². The van der Waals surface area contributed by atoms with Gasteiger partial charge in [0.2, 0.25) is 5.91 Å². The number of fused-ring (bicyclic) bond motifs is 1. The Balaban J connectivity index is 1.29. The largest absolute Gasteiger partial charge is 0.371 e. The van der Waals surface area contributed by atoms with Gasteiger partial charge in [0.15, 0.2) is 0 Å². The average Bonchev–Trinajstić information content (AvgIpc) is 3.38. The third-order valence-corrected chi connectivity index (χ3v) is 6.93. The van der Waals surface area contributed by atoms with Crippen molar-refractivity contribution in [3.05, 3.63) is 45.6 Å². The molecule has 2 amide bonds. The Morgan fingerprint density at radius 1 is 1.10 bits per heavy atom. The Morgan fingerprint density at radius 3 is 2.69 bits per heavy atom. The Bertz CT molecular complexity index is 862. The first-order valence-corrected chi connectivity index (χ1v) is 11.5. The number of thiophene rings is 1. The summed E-state index contributed by atoms with van der Waals surface area (Å²) in [5.74, 6) is -0.150. The van der Waals surface area contributed by atoms with E-state index < -0.39 is 0 Å². The summed E-state index contributed by atoms with van der Waals surface area (Å²) in [5.41, 5.74) is 3.29. The fourth-order valence-corrected chi connectivity index (χ4v) is 5.35. The summed E-state index contributed by atoms with van der Waals surface area (Å²) in [6.07, 6.45) is 7.28. The summed E-state index contributed by atoms with van der Waals surface area (Å²) < 4.78 is 0. The lowest BCUT2D eigenvalue weighted by molar-refractivity contribution is -0.116. The lowest BCUT2D eigenvalue weighted by Crippen LogP contribution is -2.35. The first-order valence-electron chi connectivity index (χ1n) is 10.7. The molecule has 6 heteroatoms. The normalized spacial score (nSPS) is 16.9. The molecule has 1 aromatic heterocycles. The number of amides is 2. The Hall–Kier alpha value is -2.34. The molecule has 1 aliphatic carbocycles. The molecule has 1 saturated heterocycles. The molecule has 1 aromatic carbocycles. The molecule has 29 heavy (non-hydrogen) atoms. The molecule has 154 valence electrons. The summed E-state index contributed by atoms with van der Waals surface area (Å²) in [5, 5.41) is 5.96. The highest BCUT2D eigenvalue weighted by Gasteiger charge is 2.19. The second-order valence-electron chi connectivity index (χ2n) is 8.14. The number of carbonyl (C=O) groups is 2. The van der Waals surface area contributed by atoms with Crippen molar-refractivity contribution < 1.29 is 9.59 Å². The van der Waals surface area contributed by atoms with Gasteiger partial charge >= 0.3 is 0 Å². The van der Waals surface area contributed by atoms with Gasteiger partial charge in [0.1, 0.15) is 0 Å². The smallest absolute Gasteiger partial charge is 0.261 e. The molecule has 0 radical (unpaired) electrons. The number of benzene rings is 1. The van der Waals surface area contributed by atoms with Crippen LogP contribution in [0.5, 0.6) is 0 Å². The minimum atomic E-state index is -0.219. The predicted molar refractivity (Wildman–Crippen MR) is 119 cm³/mol. The molecule has 2 aromatic rings. The summed E-state index contributed by atoms with van der Waals surface area (Å²) in [7, 11) is 0. The number of aryl methyl sites for hydroxylation is 2. The summed E-state index contributed by atoms with van der Waals surface area (Å²) in [4.78, 5) is 29.5. The van der Waals surface area contributed by atoms with Crippen molar-refractivity contribution in [1.82, 2.24) is 5.32 Å². The predicted octanol–water partition coefficient (Wildman–Crippen LogP) is 4.37. The van der Waals surface area contributed by atoms with Crippen molar-refractivity contribution >= 4 is 34.5 Å². The van der Waals surface area contributed by atoms with E-state index in [1.807, 2.05) is 31.2 Å². The van der Waals surface area contributed by atoms with Crippen LogP contribution in [0, 0.1) is 0 Å². The Morgan fingerprint density at radius 2 is 1.90 bits per heavy atom. The van der Waals surface area contributed by atoms with Gasteiger partial charge in [-0.15, -0.1) is 11.3 Å². The molecule has 2 heterocycles. The maximum atomic E-state index is 12.6. The number of rotatable bonds is 6. The van der Waals surface area contributed by atoms with Crippen molar-refractivity contribution in [3.63, 3.8) is 0 Å². The summed E-state index contributed by atoms with van der Waals surface area (Å²) in [6, 6.07) is 9.82. The zero-order valence-electron chi connectivity index (χ0n) is 17.0. The van der Waals surface area contributed by atoms with E-state index in [0.717, 1.165) is 42.2 Å². The van der Waals surface area contributed by atoms with Crippen LogP contribution in [0.2, 0.25) is 0 Å². The van der Waals surface area contributed by atoms with Crippen LogP contribution >= 0.6 is 11.3 Å². The second-order valence-corrected chi connectivity index (χ2v) is 9.27. The van der Waals surface area contributed by atoms with Crippen molar-refractivity contribution in [1.29, 1.82) is 0 Å². The number of hydrogen-bond acceptors (Lipinski definition) is 4. The monoisotopic (exact) mass is 411 g/mol. The first kappa shape index (κ1) is 20.0. The van der Waals surface area contributed by atoms with Gasteiger partial charge in [-0.1, -0.05) is 6.07 Å². The highest BCUT2D eigenvalue weighted by atomic mass is 32.1. The van der Waals surface area contributed by atoms with Crippen LogP contribution in [0.4, 0.5) is 11.4 Å². The van der Waals surface area contributed by atoms with Crippen molar-refractivity contribution in [2.45, 2.75) is 57.9 Å². The molecule has 2 aliphatic rings. The number of anilines is 2.